The van der Waals surface area contributed by atoms with E-state index >= 15 is 0 Å². The fourth-order valence-corrected chi connectivity index (χ4v) is 2.37. The molecule has 0 saturated carbocycles. The molecule has 0 atom stereocenters. The van der Waals surface area contributed by atoms with Crippen LogP contribution in [0.1, 0.15) is 5.56 Å². The summed E-state index contributed by atoms with van der Waals surface area (Å²) in [4.78, 5) is 12.0. The van der Waals surface area contributed by atoms with Crippen molar-refractivity contribution in [2.75, 3.05) is 10.6 Å². The first-order chi connectivity index (χ1) is 12.1. The van der Waals surface area contributed by atoms with E-state index in [-0.39, 0.29) is 18.1 Å². The number of hydrogen-bond donors (Lipinski definition) is 2. The third kappa shape index (κ3) is 4.41. The van der Waals surface area contributed by atoms with Crippen LogP contribution in [0.5, 0.6) is 0 Å². The predicted molar refractivity (Wildman–Crippen MR) is 94.9 cm³/mol. The van der Waals surface area contributed by atoms with Crippen LogP contribution >= 0.6 is 0 Å². The molecule has 2 N–H and O–H groups in total. The van der Waals surface area contributed by atoms with Gasteiger partial charge in [-0.05, 0) is 48.0 Å². The van der Waals surface area contributed by atoms with Gasteiger partial charge in [-0.25, -0.2) is 8.78 Å². The summed E-state index contributed by atoms with van der Waals surface area (Å²) in [7, 11) is 0. The summed E-state index contributed by atoms with van der Waals surface area (Å²) in [5, 5.41) is 5.68. The highest BCUT2D eigenvalue weighted by Crippen LogP contribution is 2.21. The lowest BCUT2D eigenvalue weighted by molar-refractivity contribution is -0.115. The van der Waals surface area contributed by atoms with Crippen LogP contribution in [0, 0.1) is 11.6 Å². The molecule has 0 bridgehead atoms. The fraction of sp³-hybridized carbons (Fsp3) is 0.0500. The molecule has 126 valence electrons. The van der Waals surface area contributed by atoms with Crippen LogP contribution in [0.25, 0.3) is 0 Å². The summed E-state index contributed by atoms with van der Waals surface area (Å²) in [5.74, 6) is -1.05. The predicted octanol–water partition coefficient (Wildman–Crippen LogP) is 4.89. The first kappa shape index (κ1) is 16.6. The molecule has 0 aromatic heterocycles. The molecule has 0 fully saturated rings. The number of carbonyl (C=O) groups is 1. The van der Waals surface area contributed by atoms with Crippen molar-refractivity contribution in [1.29, 1.82) is 0 Å². The second kappa shape index (κ2) is 7.57. The Kier molecular flexibility index (Phi) is 5.04. The lowest BCUT2D eigenvalue weighted by Gasteiger charge is -2.09. The van der Waals surface area contributed by atoms with E-state index in [4.69, 9.17) is 0 Å². The average Bonchev–Trinajstić information content (AvgIpc) is 2.61. The standard InChI is InChI=1S/C20H16F2N2O/c21-17-6-2-1-5-14(17)13-20(25)24-16-11-9-15(10-12-16)23-19-8-4-3-7-18(19)22/h1-12,23H,13H2,(H,24,25). The molecular weight excluding hydrogens is 322 g/mol. The van der Waals surface area contributed by atoms with Gasteiger partial charge in [0.25, 0.3) is 0 Å². The molecule has 0 spiro atoms. The van der Waals surface area contributed by atoms with Crippen LogP contribution in [0.15, 0.2) is 72.8 Å². The molecular formula is C20H16F2N2O. The summed E-state index contributed by atoms with van der Waals surface area (Å²) in [6, 6.07) is 19.4. The Labute approximate surface area is 144 Å². The van der Waals surface area contributed by atoms with Gasteiger partial charge in [0.2, 0.25) is 5.91 Å². The zero-order valence-electron chi connectivity index (χ0n) is 13.3. The molecule has 0 aliphatic heterocycles. The molecule has 0 radical (unpaired) electrons. The third-order valence-corrected chi connectivity index (χ3v) is 3.63. The molecule has 3 aromatic rings. The maximum atomic E-state index is 13.6. The first-order valence-electron chi connectivity index (χ1n) is 7.77. The van der Waals surface area contributed by atoms with Crippen LogP contribution < -0.4 is 10.6 Å². The average molecular weight is 338 g/mol. The summed E-state index contributed by atoms with van der Waals surface area (Å²) >= 11 is 0. The van der Waals surface area contributed by atoms with Crippen molar-refractivity contribution in [3.63, 3.8) is 0 Å². The van der Waals surface area contributed by atoms with Crippen molar-refractivity contribution in [2.24, 2.45) is 0 Å². The largest absolute Gasteiger partial charge is 0.353 e. The number of carbonyl (C=O) groups excluding carboxylic acids is 1. The van der Waals surface area contributed by atoms with Gasteiger partial charge >= 0.3 is 0 Å². The maximum absolute atomic E-state index is 13.6. The lowest BCUT2D eigenvalue weighted by atomic mass is 10.1. The van der Waals surface area contributed by atoms with Gasteiger partial charge in [0.1, 0.15) is 11.6 Å². The molecule has 0 heterocycles. The number of rotatable bonds is 5. The Hall–Kier alpha value is -3.21. The number of para-hydroxylation sites is 1. The monoisotopic (exact) mass is 338 g/mol. The molecule has 3 aromatic carbocycles. The van der Waals surface area contributed by atoms with E-state index in [1.807, 2.05) is 0 Å². The highest BCUT2D eigenvalue weighted by atomic mass is 19.1. The maximum Gasteiger partial charge on any atom is 0.228 e. The summed E-state index contributed by atoms with van der Waals surface area (Å²) < 4.78 is 27.2. The second-order valence-electron chi connectivity index (χ2n) is 5.50. The Bertz CT molecular complexity index is 879. The fourth-order valence-electron chi connectivity index (χ4n) is 2.37. The van der Waals surface area contributed by atoms with E-state index < -0.39 is 5.82 Å². The summed E-state index contributed by atoms with van der Waals surface area (Å²) in [6.45, 7) is 0. The Balaban J connectivity index is 1.62. The number of nitrogens with one attached hydrogen (secondary N) is 2. The van der Waals surface area contributed by atoms with Crippen molar-refractivity contribution in [2.45, 2.75) is 6.42 Å². The molecule has 25 heavy (non-hydrogen) atoms. The van der Waals surface area contributed by atoms with Crippen LogP contribution in [-0.2, 0) is 11.2 Å². The quantitative estimate of drug-likeness (QED) is 0.695. The van der Waals surface area contributed by atoms with Crippen molar-refractivity contribution in [1.82, 2.24) is 0 Å². The van der Waals surface area contributed by atoms with Gasteiger partial charge in [-0.2, -0.15) is 0 Å². The highest BCUT2D eigenvalue weighted by molar-refractivity contribution is 5.92. The Morgan fingerprint density at radius 3 is 2.04 bits per heavy atom. The van der Waals surface area contributed by atoms with Crippen LogP contribution in [0.2, 0.25) is 0 Å². The molecule has 3 rings (SSSR count). The molecule has 0 aliphatic carbocycles. The third-order valence-electron chi connectivity index (χ3n) is 3.63. The SMILES string of the molecule is O=C(Cc1ccccc1F)Nc1ccc(Nc2ccccc2F)cc1. The van der Waals surface area contributed by atoms with Gasteiger partial charge in [0.15, 0.2) is 0 Å². The van der Waals surface area contributed by atoms with Crippen LogP contribution in [-0.4, -0.2) is 5.91 Å². The number of halogens is 2. The van der Waals surface area contributed by atoms with E-state index in [1.165, 1.54) is 12.1 Å². The van der Waals surface area contributed by atoms with Crippen molar-refractivity contribution >= 4 is 23.0 Å². The van der Waals surface area contributed by atoms with Gasteiger partial charge in [-0.15, -0.1) is 0 Å². The molecule has 0 unspecified atom stereocenters. The number of anilines is 3. The normalized spacial score (nSPS) is 10.3. The van der Waals surface area contributed by atoms with E-state index in [9.17, 15) is 13.6 Å². The molecule has 0 saturated heterocycles. The van der Waals surface area contributed by atoms with E-state index in [0.29, 0.717) is 22.6 Å². The van der Waals surface area contributed by atoms with Gasteiger partial charge in [0, 0.05) is 11.4 Å². The zero-order valence-corrected chi connectivity index (χ0v) is 13.3. The molecule has 0 aliphatic rings. The van der Waals surface area contributed by atoms with E-state index in [1.54, 1.807) is 60.7 Å². The van der Waals surface area contributed by atoms with E-state index in [0.717, 1.165) is 0 Å². The smallest absolute Gasteiger partial charge is 0.228 e. The van der Waals surface area contributed by atoms with Gasteiger partial charge < -0.3 is 10.6 Å². The highest BCUT2D eigenvalue weighted by Gasteiger charge is 2.08. The topological polar surface area (TPSA) is 41.1 Å². The van der Waals surface area contributed by atoms with Crippen LogP contribution in [0.4, 0.5) is 25.8 Å². The van der Waals surface area contributed by atoms with Crippen LogP contribution in [0.3, 0.4) is 0 Å². The van der Waals surface area contributed by atoms with E-state index in [2.05, 4.69) is 10.6 Å². The Morgan fingerprint density at radius 1 is 0.760 bits per heavy atom. The van der Waals surface area contributed by atoms with Gasteiger partial charge in [-0.3, -0.25) is 4.79 Å². The minimum absolute atomic E-state index is 0.0398. The minimum atomic E-state index is -0.401. The summed E-state index contributed by atoms with van der Waals surface area (Å²) in [5.41, 5.74) is 1.99. The summed E-state index contributed by atoms with van der Waals surface area (Å²) in [6.07, 6.45) is -0.0398. The molecule has 5 heteroatoms. The van der Waals surface area contributed by atoms with Crippen molar-refractivity contribution in [3.8, 4) is 0 Å². The number of benzene rings is 3. The molecule has 1 amide bonds. The number of hydrogen-bond acceptors (Lipinski definition) is 2. The first-order valence-corrected chi connectivity index (χ1v) is 7.77. The molecule has 3 nitrogen and oxygen atoms in total. The van der Waals surface area contributed by atoms with Crippen molar-refractivity contribution in [3.05, 3.63) is 90.0 Å². The Morgan fingerprint density at radius 2 is 1.36 bits per heavy atom. The van der Waals surface area contributed by atoms with Gasteiger partial charge in [0.05, 0.1) is 12.1 Å². The second-order valence-corrected chi connectivity index (χ2v) is 5.50. The van der Waals surface area contributed by atoms with Gasteiger partial charge in [-0.1, -0.05) is 30.3 Å². The zero-order chi connectivity index (χ0) is 17.6. The van der Waals surface area contributed by atoms with Crippen molar-refractivity contribution < 1.29 is 13.6 Å². The lowest BCUT2D eigenvalue weighted by Crippen LogP contribution is -2.15. The number of amides is 1. The minimum Gasteiger partial charge on any atom is -0.353 e.